The molecule has 0 bridgehead atoms. The number of benzene rings is 1. The van der Waals surface area contributed by atoms with E-state index in [1.54, 1.807) is 23.1 Å². The molecule has 2 aromatic heterocycles. The Bertz CT molecular complexity index is 1270. The summed E-state index contributed by atoms with van der Waals surface area (Å²) in [7, 11) is -3.70. The van der Waals surface area contributed by atoms with Gasteiger partial charge in [0.15, 0.2) is 16.4 Å². The monoisotopic (exact) mass is 470 g/mol. The Balaban J connectivity index is 1.38. The number of hydrogen-bond acceptors (Lipinski definition) is 7. The number of Topliss-reactive ketones (excluding diaryl/α,β-unsaturated/α-hetero) is 1. The minimum Gasteiger partial charge on any atom is -0.457 e. The average molecular weight is 471 g/mol. The van der Waals surface area contributed by atoms with Crippen LogP contribution in [0.2, 0.25) is 0 Å². The van der Waals surface area contributed by atoms with E-state index in [9.17, 15) is 22.8 Å². The Hall–Kier alpha value is -3.66. The molecule has 1 aliphatic rings. The number of ether oxygens (including phenoxy) is 1. The van der Waals surface area contributed by atoms with Gasteiger partial charge < -0.3 is 19.0 Å². The van der Waals surface area contributed by atoms with Gasteiger partial charge in [-0.3, -0.25) is 9.59 Å². The molecule has 1 amide bonds. The largest absolute Gasteiger partial charge is 0.457 e. The van der Waals surface area contributed by atoms with Crippen molar-refractivity contribution >= 4 is 27.5 Å². The lowest BCUT2D eigenvalue weighted by atomic mass is 10.2. The van der Waals surface area contributed by atoms with E-state index in [1.165, 1.54) is 36.7 Å². The van der Waals surface area contributed by atoms with Crippen molar-refractivity contribution in [2.75, 3.05) is 19.7 Å². The third kappa shape index (κ3) is 5.06. The van der Waals surface area contributed by atoms with Gasteiger partial charge in [-0.15, -0.1) is 0 Å². The van der Waals surface area contributed by atoms with Crippen LogP contribution in [0.25, 0.3) is 0 Å². The number of H-pyrrole nitrogens is 1. The third-order valence-corrected chi connectivity index (χ3v) is 7.02. The summed E-state index contributed by atoms with van der Waals surface area (Å²) in [5.41, 5.74) is 0.638. The number of carbonyl (C=O) groups excluding carboxylic acids is 3. The van der Waals surface area contributed by atoms with Gasteiger partial charge in [0.05, 0.1) is 16.9 Å². The van der Waals surface area contributed by atoms with Gasteiger partial charge in [-0.05, 0) is 37.1 Å². The number of ketones is 1. The molecule has 1 fully saturated rings. The average Bonchev–Trinajstić information content (AvgIpc) is 3.59. The lowest BCUT2D eigenvalue weighted by molar-refractivity contribution is 0.0442. The molecule has 0 aliphatic carbocycles. The van der Waals surface area contributed by atoms with Gasteiger partial charge in [0, 0.05) is 30.4 Å². The molecule has 172 valence electrons. The summed E-state index contributed by atoms with van der Waals surface area (Å²) in [6.45, 7) is 0.786. The number of aromatic amines is 1. The van der Waals surface area contributed by atoms with Gasteiger partial charge in [0.1, 0.15) is 5.69 Å². The topological polar surface area (TPSA) is 127 Å². The summed E-state index contributed by atoms with van der Waals surface area (Å²) in [4.78, 5) is 41.9. The van der Waals surface area contributed by atoms with Gasteiger partial charge in [-0.25, -0.2) is 13.2 Å². The molecule has 3 aromatic rings. The fraction of sp³-hybridized carbons (Fsp3) is 0.261. The minimum atomic E-state index is -3.70. The SMILES string of the molecule is O=C(COC(=O)c1occc1CS(=O)(=O)c1ccccc1)c1c[nH]c(C(=O)N2CCCC2)c1. The number of rotatable bonds is 8. The summed E-state index contributed by atoms with van der Waals surface area (Å²) in [5.74, 6) is -2.36. The number of aromatic nitrogens is 1. The second-order valence-electron chi connectivity index (χ2n) is 7.65. The lowest BCUT2D eigenvalue weighted by Gasteiger charge is -2.13. The number of likely N-dealkylation sites (tertiary alicyclic amines) is 1. The van der Waals surface area contributed by atoms with E-state index >= 15 is 0 Å². The zero-order valence-electron chi connectivity index (χ0n) is 17.7. The maximum Gasteiger partial charge on any atom is 0.374 e. The van der Waals surface area contributed by atoms with E-state index in [0.29, 0.717) is 18.8 Å². The van der Waals surface area contributed by atoms with Gasteiger partial charge >= 0.3 is 5.97 Å². The van der Waals surface area contributed by atoms with Crippen LogP contribution in [0.5, 0.6) is 0 Å². The van der Waals surface area contributed by atoms with Crippen LogP contribution >= 0.6 is 0 Å². The molecule has 0 unspecified atom stereocenters. The first-order valence-electron chi connectivity index (χ1n) is 10.4. The van der Waals surface area contributed by atoms with Crippen molar-refractivity contribution in [3.05, 3.63) is 77.5 Å². The molecule has 10 heteroatoms. The predicted molar refractivity (Wildman–Crippen MR) is 117 cm³/mol. The first kappa shape index (κ1) is 22.5. The normalized spacial score (nSPS) is 13.8. The van der Waals surface area contributed by atoms with Crippen molar-refractivity contribution in [2.45, 2.75) is 23.5 Å². The number of furan rings is 1. The van der Waals surface area contributed by atoms with Crippen LogP contribution in [0.15, 0.2) is 64.2 Å². The molecular formula is C23H22N2O7S. The molecule has 0 atom stereocenters. The van der Waals surface area contributed by atoms with Crippen LogP contribution < -0.4 is 0 Å². The highest BCUT2D eigenvalue weighted by Crippen LogP contribution is 2.21. The molecule has 33 heavy (non-hydrogen) atoms. The Labute approximate surface area is 190 Å². The molecule has 0 spiro atoms. The highest BCUT2D eigenvalue weighted by atomic mass is 32.2. The zero-order chi connectivity index (χ0) is 23.4. The molecule has 4 rings (SSSR count). The summed E-state index contributed by atoms with van der Waals surface area (Å²) in [6.07, 6.45) is 4.49. The first-order valence-corrected chi connectivity index (χ1v) is 12.0. The van der Waals surface area contributed by atoms with E-state index < -0.39 is 33.9 Å². The highest BCUT2D eigenvalue weighted by molar-refractivity contribution is 7.90. The molecule has 3 heterocycles. The van der Waals surface area contributed by atoms with Gasteiger partial charge in [-0.2, -0.15) is 0 Å². The van der Waals surface area contributed by atoms with E-state index in [1.807, 2.05) is 0 Å². The van der Waals surface area contributed by atoms with Crippen molar-refractivity contribution in [1.29, 1.82) is 0 Å². The van der Waals surface area contributed by atoms with Crippen molar-refractivity contribution < 1.29 is 32.0 Å². The Morgan fingerprint density at radius 2 is 1.79 bits per heavy atom. The number of nitrogens with zero attached hydrogens (tertiary/aromatic N) is 1. The lowest BCUT2D eigenvalue weighted by Crippen LogP contribution is -2.27. The standard InChI is InChI=1S/C23H22N2O7S/c26-20(17-12-19(24-13-17)22(27)25-9-4-5-10-25)14-32-23(28)21-16(8-11-31-21)15-33(29,30)18-6-2-1-3-7-18/h1-3,6-8,11-13,24H,4-5,9-10,14-15H2. The molecule has 9 nitrogen and oxygen atoms in total. The predicted octanol–water partition coefficient (Wildman–Crippen LogP) is 2.86. The number of carbonyl (C=O) groups is 3. The maximum absolute atomic E-state index is 12.6. The molecule has 1 aromatic carbocycles. The van der Waals surface area contributed by atoms with E-state index in [0.717, 1.165) is 12.8 Å². The van der Waals surface area contributed by atoms with Crippen LogP contribution in [-0.2, 0) is 20.3 Å². The molecular weight excluding hydrogens is 448 g/mol. The molecule has 1 N–H and O–H groups in total. The Morgan fingerprint density at radius 1 is 1.06 bits per heavy atom. The summed E-state index contributed by atoms with van der Waals surface area (Å²) < 4.78 is 35.4. The number of esters is 1. The van der Waals surface area contributed by atoms with Crippen LogP contribution in [0, 0.1) is 0 Å². The second kappa shape index (κ2) is 9.45. The Kier molecular flexibility index (Phi) is 6.45. The fourth-order valence-corrected chi connectivity index (χ4v) is 4.97. The number of sulfone groups is 1. The van der Waals surface area contributed by atoms with Crippen LogP contribution in [0.3, 0.4) is 0 Å². The highest BCUT2D eigenvalue weighted by Gasteiger charge is 2.25. The van der Waals surface area contributed by atoms with Crippen LogP contribution in [-0.4, -0.2) is 55.7 Å². The van der Waals surface area contributed by atoms with Gasteiger partial charge in [0.2, 0.25) is 11.5 Å². The van der Waals surface area contributed by atoms with E-state index in [2.05, 4.69) is 4.98 Å². The van der Waals surface area contributed by atoms with Gasteiger partial charge in [0.25, 0.3) is 5.91 Å². The van der Waals surface area contributed by atoms with Crippen LogP contribution in [0.1, 0.15) is 49.8 Å². The number of nitrogens with one attached hydrogen (secondary N) is 1. The smallest absolute Gasteiger partial charge is 0.374 e. The maximum atomic E-state index is 12.6. The number of hydrogen-bond donors (Lipinski definition) is 1. The van der Waals surface area contributed by atoms with E-state index in [-0.39, 0.29) is 27.7 Å². The molecule has 1 saturated heterocycles. The quantitative estimate of drug-likeness (QED) is 0.396. The summed E-state index contributed by atoms with van der Waals surface area (Å²) in [5, 5.41) is 0. The molecule has 1 aliphatic heterocycles. The molecule has 0 saturated carbocycles. The minimum absolute atomic E-state index is 0.118. The van der Waals surface area contributed by atoms with Crippen LogP contribution in [0.4, 0.5) is 0 Å². The van der Waals surface area contributed by atoms with Crippen molar-refractivity contribution in [1.82, 2.24) is 9.88 Å². The van der Waals surface area contributed by atoms with E-state index in [4.69, 9.17) is 9.15 Å². The second-order valence-corrected chi connectivity index (χ2v) is 9.64. The fourth-order valence-electron chi connectivity index (χ4n) is 3.59. The molecule has 0 radical (unpaired) electrons. The third-order valence-electron chi connectivity index (χ3n) is 5.34. The summed E-state index contributed by atoms with van der Waals surface area (Å²) >= 11 is 0. The van der Waals surface area contributed by atoms with Gasteiger partial charge in [-0.1, -0.05) is 18.2 Å². The van der Waals surface area contributed by atoms with Crippen molar-refractivity contribution in [3.8, 4) is 0 Å². The van der Waals surface area contributed by atoms with Crippen molar-refractivity contribution in [3.63, 3.8) is 0 Å². The zero-order valence-corrected chi connectivity index (χ0v) is 18.5. The van der Waals surface area contributed by atoms with Crippen molar-refractivity contribution in [2.24, 2.45) is 0 Å². The summed E-state index contributed by atoms with van der Waals surface area (Å²) in [6, 6.07) is 10.6. The Morgan fingerprint density at radius 3 is 2.52 bits per heavy atom. The first-order chi connectivity index (χ1) is 15.8. The number of amides is 1.